The zero-order chi connectivity index (χ0) is 15.2. The fourth-order valence-corrected chi connectivity index (χ4v) is 3.21. The van der Waals surface area contributed by atoms with E-state index in [0.717, 1.165) is 24.9 Å². The Bertz CT molecular complexity index is 405. The largest absolute Gasteiger partial charge is 0.468 e. The summed E-state index contributed by atoms with van der Waals surface area (Å²) in [6.07, 6.45) is 7.40. The Hall–Kier alpha value is -0.800. The van der Waals surface area contributed by atoms with E-state index in [2.05, 4.69) is 44.0 Å². The highest BCUT2D eigenvalue weighted by Crippen LogP contribution is 2.26. The molecule has 0 amide bonds. The molecular weight excluding hydrogens is 260 g/mol. The molecule has 0 aromatic carbocycles. The summed E-state index contributed by atoms with van der Waals surface area (Å²) in [5, 5.41) is 3.44. The van der Waals surface area contributed by atoms with Crippen molar-refractivity contribution >= 4 is 0 Å². The predicted molar refractivity (Wildman–Crippen MR) is 88.2 cm³/mol. The molecule has 0 saturated heterocycles. The highest BCUT2D eigenvalue weighted by atomic mass is 16.3. The Morgan fingerprint density at radius 1 is 1.24 bits per heavy atom. The van der Waals surface area contributed by atoms with E-state index < -0.39 is 0 Å². The molecule has 1 heterocycles. The van der Waals surface area contributed by atoms with Crippen LogP contribution < -0.4 is 5.32 Å². The summed E-state index contributed by atoms with van der Waals surface area (Å²) in [6, 6.07) is 3.49. The van der Waals surface area contributed by atoms with Crippen LogP contribution in [0.15, 0.2) is 16.7 Å². The lowest BCUT2D eigenvalue weighted by Crippen LogP contribution is -2.35. The summed E-state index contributed by atoms with van der Waals surface area (Å²) in [5.74, 6) is 1.82. The standard InChI is InChI=1S/C18H32N2O/c1-14(2)11-20(17-7-5-6-8-17)12-18-9-16(13-21-18)10-19-15(3)4/h9,13-15,17,19H,5-8,10-12H2,1-4H3. The third kappa shape index (κ3) is 5.48. The zero-order valence-electron chi connectivity index (χ0n) is 14.2. The number of rotatable bonds is 8. The molecule has 1 fully saturated rings. The third-order valence-corrected chi connectivity index (χ3v) is 4.22. The van der Waals surface area contributed by atoms with Crippen molar-refractivity contribution in [2.24, 2.45) is 5.92 Å². The molecule has 1 aromatic rings. The topological polar surface area (TPSA) is 28.4 Å². The van der Waals surface area contributed by atoms with E-state index in [4.69, 9.17) is 4.42 Å². The number of furan rings is 1. The minimum atomic E-state index is 0.513. The van der Waals surface area contributed by atoms with Crippen molar-refractivity contribution in [3.05, 3.63) is 23.7 Å². The van der Waals surface area contributed by atoms with E-state index in [1.54, 1.807) is 0 Å². The van der Waals surface area contributed by atoms with Crippen molar-refractivity contribution in [3.63, 3.8) is 0 Å². The SMILES string of the molecule is CC(C)CN(Cc1cc(CNC(C)C)co1)C1CCCC1. The summed E-state index contributed by atoms with van der Waals surface area (Å²) < 4.78 is 5.79. The van der Waals surface area contributed by atoms with Crippen molar-refractivity contribution in [3.8, 4) is 0 Å². The van der Waals surface area contributed by atoms with Crippen LogP contribution in [-0.4, -0.2) is 23.5 Å². The van der Waals surface area contributed by atoms with Crippen LogP contribution in [0.3, 0.4) is 0 Å². The first-order valence-electron chi connectivity index (χ1n) is 8.58. The van der Waals surface area contributed by atoms with Crippen LogP contribution in [0.2, 0.25) is 0 Å². The molecule has 1 aliphatic carbocycles. The van der Waals surface area contributed by atoms with Gasteiger partial charge in [0.2, 0.25) is 0 Å². The molecule has 0 bridgehead atoms. The van der Waals surface area contributed by atoms with E-state index in [9.17, 15) is 0 Å². The van der Waals surface area contributed by atoms with Gasteiger partial charge in [-0.05, 0) is 24.8 Å². The molecule has 0 unspecified atom stereocenters. The van der Waals surface area contributed by atoms with Gasteiger partial charge >= 0.3 is 0 Å². The second-order valence-corrected chi connectivity index (χ2v) is 7.22. The van der Waals surface area contributed by atoms with Crippen molar-refractivity contribution in [2.75, 3.05) is 6.54 Å². The van der Waals surface area contributed by atoms with Gasteiger partial charge in [-0.3, -0.25) is 4.90 Å². The highest BCUT2D eigenvalue weighted by Gasteiger charge is 2.24. The van der Waals surface area contributed by atoms with Crippen LogP contribution in [0.4, 0.5) is 0 Å². The van der Waals surface area contributed by atoms with Crippen molar-refractivity contribution < 1.29 is 4.42 Å². The Morgan fingerprint density at radius 2 is 1.95 bits per heavy atom. The lowest BCUT2D eigenvalue weighted by atomic mass is 10.1. The van der Waals surface area contributed by atoms with E-state index >= 15 is 0 Å². The van der Waals surface area contributed by atoms with Crippen LogP contribution in [0, 0.1) is 5.92 Å². The average Bonchev–Trinajstić information content (AvgIpc) is 3.06. The zero-order valence-corrected chi connectivity index (χ0v) is 14.2. The number of nitrogens with zero attached hydrogens (tertiary/aromatic N) is 1. The van der Waals surface area contributed by atoms with Gasteiger partial charge in [-0.1, -0.05) is 40.5 Å². The highest BCUT2D eigenvalue weighted by molar-refractivity contribution is 5.13. The molecule has 2 rings (SSSR count). The molecule has 21 heavy (non-hydrogen) atoms. The molecule has 3 nitrogen and oxygen atoms in total. The van der Waals surface area contributed by atoms with Crippen LogP contribution in [-0.2, 0) is 13.1 Å². The van der Waals surface area contributed by atoms with Gasteiger partial charge in [-0.2, -0.15) is 0 Å². The fraction of sp³-hybridized carbons (Fsp3) is 0.778. The molecular formula is C18H32N2O. The average molecular weight is 292 g/mol. The maximum Gasteiger partial charge on any atom is 0.118 e. The third-order valence-electron chi connectivity index (χ3n) is 4.22. The molecule has 0 atom stereocenters. The molecule has 0 spiro atoms. The maximum atomic E-state index is 5.79. The lowest BCUT2D eigenvalue weighted by Gasteiger charge is -2.29. The van der Waals surface area contributed by atoms with Crippen LogP contribution in [0.1, 0.15) is 64.7 Å². The van der Waals surface area contributed by atoms with Gasteiger partial charge in [0.25, 0.3) is 0 Å². The summed E-state index contributed by atoms with van der Waals surface area (Å²) in [6.45, 7) is 12.0. The maximum absolute atomic E-state index is 5.79. The minimum Gasteiger partial charge on any atom is -0.468 e. The molecule has 1 aliphatic rings. The molecule has 0 aliphatic heterocycles. The smallest absolute Gasteiger partial charge is 0.118 e. The van der Waals surface area contributed by atoms with E-state index in [-0.39, 0.29) is 0 Å². The van der Waals surface area contributed by atoms with Crippen molar-refractivity contribution in [2.45, 2.75) is 78.6 Å². The molecule has 1 N–H and O–H groups in total. The van der Waals surface area contributed by atoms with Crippen LogP contribution in [0.5, 0.6) is 0 Å². The molecule has 0 radical (unpaired) electrons. The molecule has 1 saturated carbocycles. The molecule has 1 aromatic heterocycles. The molecule has 3 heteroatoms. The van der Waals surface area contributed by atoms with Gasteiger partial charge in [0.15, 0.2) is 0 Å². The summed E-state index contributed by atoms with van der Waals surface area (Å²) >= 11 is 0. The second-order valence-electron chi connectivity index (χ2n) is 7.22. The fourth-order valence-electron chi connectivity index (χ4n) is 3.21. The Labute approximate surface area is 130 Å². The first-order chi connectivity index (χ1) is 10.0. The van der Waals surface area contributed by atoms with Gasteiger partial charge in [0.05, 0.1) is 12.8 Å². The van der Waals surface area contributed by atoms with Gasteiger partial charge < -0.3 is 9.73 Å². The number of hydrogen-bond acceptors (Lipinski definition) is 3. The van der Waals surface area contributed by atoms with Crippen molar-refractivity contribution in [1.82, 2.24) is 10.2 Å². The summed E-state index contributed by atoms with van der Waals surface area (Å²) in [4.78, 5) is 2.64. The van der Waals surface area contributed by atoms with Crippen LogP contribution >= 0.6 is 0 Å². The summed E-state index contributed by atoms with van der Waals surface area (Å²) in [7, 11) is 0. The first kappa shape index (κ1) is 16.6. The van der Waals surface area contributed by atoms with Crippen molar-refractivity contribution in [1.29, 1.82) is 0 Å². The predicted octanol–water partition coefficient (Wildman–Crippen LogP) is 4.18. The summed E-state index contributed by atoms with van der Waals surface area (Å²) in [5.41, 5.74) is 1.26. The minimum absolute atomic E-state index is 0.513. The quantitative estimate of drug-likeness (QED) is 0.779. The normalized spacial score (nSPS) is 16.7. The van der Waals surface area contributed by atoms with Gasteiger partial charge in [-0.25, -0.2) is 0 Å². The first-order valence-corrected chi connectivity index (χ1v) is 8.58. The Balaban J connectivity index is 1.92. The molecule has 120 valence electrons. The van der Waals surface area contributed by atoms with E-state index in [0.29, 0.717) is 12.0 Å². The number of nitrogens with one attached hydrogen (secondary N) is 1. The lowest BCUT2D eigenvalue weighted by molar-refractivity contribution is 0.156. The monoisotopic (exact) mass is 292 g/mol. The van der Waals surface area contributed by atoms with Gasteiger partial charge in [-0.15, -0.1) is 0 Å². The second kappa shape index (κ2) is 8.00. The van der Waals surface area contributed by atoms with E-state index in [1.807, 2.05) is 6.26 Å². The van der Waals surface area contributed by atoms with Crippen LogP contribution in [0.25, 0.3) is 0 Å². The Kier molecular flexibility index (Phi) is 6.31. The number of hydrogen-bond donors (Lipinski definition) is 1. The van der Waals surface area contributed by atoms with Gasteiger partial charge in [0, 0.05) is 30.7 Å². The Morgan fingerprint density at radius 3 is 2.57 bits per heavy atom. The van der Waals surface area contributed by atoms with Gasteiger partial charge in [0.1, 0.15) is 5.76 Å². The van der Waals surface area contributed by atoms with E-state index in [1.165, 1.54) is 37.8 Å².